The highest BCUT2D eigenvalue weighted by atomic mass is 32.2. The number of benzene rings is 2. The van der Waals surface area contributed by atoms with Gasteiger partial charge in [0, 0.05) is 17.2 Å². The molecular formula is C20H17N3O5S2. The van der Waals surface area contributed by atoms with Gasteiger partial charge in [0.1, 0.15) is 4.88 Å². The van der Waals surface area contributed by atoms with Crippen molar-refractivity contribution in [3.05, 3.63) is 69.1 Å². The average Bonchev–Trinajstić information content (AvgIpc) is 3.18. The summed E-state index contributed by atoms with van der Waals surface area (Å²) in [7, 11) is 0. The maximum atomic E-state index is 12.7. The summed E-state index contributed by atoms with van der Waals surface area (Å²) in [5.41, 5.74) is 1.08. The summed E-state index contributed by atoms with van der Waals surface area (Å²) >= 11 is 2.21. The van der Waals surface area contributed by atoms with E-state index in [1.54, 1.807) is 25.3 Å². The summed E-state index contributed by atoms with van der Waals surface area (Å²) in [5.74, 6) is -1.09. The Labute approximate surface area is 180 Å². The molecule has 2 aromatic carbocycles. The van der Waals surface area contributed by atoms with Crippen molar-refractivity contribution in [2.75, 3.05) is 18.2 Å². The van der Waals surface area contributed by atoms with E-state index in [1.165, 1.54) is 30.0 Å². The van der Waals surface area contributed by atoms with E-state index in [0.29, 0.717) is 16.2 Å². The summed E-state index contributed by atoms with van der Waals surface area (Å²) in [5, 5.41) is 14.1. The predicted octanol–water partition coefficient (Wildman–Crippen LogP) is 4.87. The summed E-state index contributed by atoms with van der Waals surface area (Å²) in [6.07, 6.45) is 1.72. The van der Waals surface area contributed by atoms with Gasteiger partial charge in [-0.25, -0.2) is 9.78 Å². The molecule has 3 aromatic rings. The molecule has 0 saturated carbocycles. The van der Waals surface area contributed by atoms with Crippen molar-refractivity contribution in [3.63, 3.8) is 0 Å². The fourth-order valence-electron chi connectivity index (χ4n) is 2.64. The summed E-state index contributed by atoms with van der Waals surface area (Å²) in [6.45, 7) is 1.91. The van der Waals surface area contributed by atoms with Gasteiger partial charge in [0.05, 0.1) is 22.1 Å². The molecule has 0 aliphatic heterocycles. The van der Waals surface area contributed by atoms with Crippen LogP contribution in [0.4, 0.5) is 10.8 Å². The number of nitrogens with one attached hydrogen (secondary N) is 1. The smallest absolute Gasteiger partial charge is 0.350 e. The number of anilines is 1. The molecule has 0 spiro atoms. The molecule has 0 fully saturated rings. The van der Waals surface area contributed by atoms with Crippen molar-refractivity contribution in [3.8, 4) is 11.3 Å². The molecule has 0 aliphatic carbocycles. The number of hydrogen-bond donors (Lipinski definition) is 1. The molecule has 0 unspecified atom stereocenters. The standard InChI is InChI=1S/C20H17N3O5S2/c1-3-28-19(25)17-16(12-7-5-4-6-8-12)21-20(30-17)22-18(24)13-9-10-15(29-2)14(11-13)23(26)27/h4-11H,3H2,1-2H3,(H,21,22,24). The lowest BCUT2D eigenvalue weighted by Gasteiger charge is -2.04. The van der Waals surface area contributed by atoms with Crippen LogP contribution in [0.2, 0.25) is 0 Å². The second kappa shape index (κ2) is 9.51. The Morgan fingerprint density at radius 2 is 1.97 bits per heavy atom. The van der Waals surface area contributed by atoms with Crippen LogP contribution in [0.1, 0.15) is 27.0 Å². The van der Waals surface area contributed by atoms with Crippen LogP contribution in [0.5, 0.6) is 0 Å². The van der Waals surface area contributed by atoms with E-state index in [4.69, 9.17) is 4.74 Å². The molecule has 0 bridgehead atoms. The number of aromatic nitrogens is 1. The zero-order chi connectivity index (χ0) is 21.7. The number of rotatable bonds is 7. The van der Waals surface area contributed by atoms with Gasteiger partial charge in [0.15, 0.2) is 5.13 Å². The molecule has 8 nitrogen and oxygen atoms in total. The summed E-state index contributed by atoms with van der Waals surface area (Å²) < 4.78 is 5.10. The van der Waals surface area contributed by atoms with Gasteiger partial charge in [-0.15, -0.1) is 11.8 Å². The zero-order valence-electron chi connectivity index (χ0n) is 16.1. The van der Waals surface area contributed by atoms with Gasteiger partial charge in [-0.2, -0.15) is 0 Å². The van der Waals surface area contributed by atoms with Gasteiger partial charge in [-0.05, 0) is 25.3 Å². The predicted molar refractivity (Wildman–Crippen MR) is 116 cm³/mol. The van der Waals surface area contributed by atoms with Crippen LogP contribution in [-0.2, 0) is 4.74 Å². The van der Waals surface area contributed by atoms with Gasteiger partial charge >= 0.3 is 5.97 Å². The van der Waals surface area contributed by atoms with Crippen LogP contribution in [0, 0.1) is 10.1 Å². The Kier molecular flexibility index (Phi) is 6.80. The fraction of sp³-hybridized carbons (Fsp3) is 0.150. The number of esters is 1. The first-order valence-electron chi connectivity index (χ1n) is 8.81. The Bertz CT molecular complexity index is 1100. The monoisotopic (exact) mass is 443 g/mol. The Morgan fingerprint density at radius 1 is 1.23 bits per heavy atom. The average molecular weight is 444 g/mol. The number of amides is 1. The van der Waals surface area contributed by atoms with Crippen LogP contribution < -0.4 is 5.32 Å². The van der Waals surface area contributed by atoms with Gasteiger partial charge in [0.25, 0.3) is 11.6 Å². The minimum absolute atomic E-state index is 0.119. The molecule has 1 N–H and O–H groups in total. The quantitative estimate of drug-likeness (QED) is 0.240. The Morgan fingerprint density at radius 3 is 2.60 bits per heavy atom. The fourth-order valence-corrected chi connectivity index (χ4v) is 4.07. The molecule has 0 atom stereocenters. The van der Waals surface area contributed by atoms with Gasteiger partial charge in [0.2, 0.25) is 0 Å². The number of carbonyl (C=O) groups excluding carboxylic acids is 2. The van der Waals surface area contributed by atoms with Crippen molar-refractivity contribution in [2.24, 2.45) is 0 Å². The van der Waals surface area contributed by atoms with Crippen LogP contribution in [-0.4, -0.2) is 34.6 Å². The SMILES string of the molecule is CCOC(=O)c1sc(NC(=O)c2ccc(SC)c([N+](=O)[O-])c2)nc1-c1ccccc1. The van der Waals surface area contributed by atoms with Gasteiger partial charge < -0.3 is 4.74 Å². The van der Waals surface area contributed by atoms with E-state index in [0.717, 1.165) is 11.3 Å². The molecule has 0 saturated heterocycles. The van der Waals surface area contributed by atoms with Gasteiger partial charge in [-0.1, -0.05) is 41.7 Å². The molecular weight excluding hydrogens is 426 g/mol. The third-order valence-electron chi connectivity index (χ3n) is 3.99. The molecule has 1 heterocycles. The van der Waals surface area contributed by atoms with Crippen molar-refractivity contribution in [1.82, 2.24) is 4.98 Å². The molecule has 30 heavy (non-hydrogen) atoms. The molecule has 10 heteroatoms. The number of nitro groups is 1. The lowest BCUT2D eigenvalue weighted by atomic mass is 10.1. The zero-order valence-corrected chi connectivity index (χ0v) is 17.7. The number of nitrogens with zero attached hydrogens (tertiary/aromatic N) is 2. The molecule has 0 radical (unpaired) electrons. The number of ether oxygens (including phenoxy) is 1. The van der Waals surface area contributed by atoms with E-state index in [-0.39, 0.29) is 27.9 Å². The lowest BCUT2D eigenvalue weighted by molar-refractivity contribution is -0.387. The van der Waals surface area contributed by atoms with E-state index < -0.39 is 16.8 Å². The summed E-state index contributed by atoms with van der Waals surface area (Å²) in [4.78, 5) is 40.8. The van der Waals surface area contributed by atoms with Crippen molar-refractivity contribution < 1.29 is 19.2 Å². The minimum atomic E-state index is -0.561. The summed E-state index contributed by atoms with van der Waals surface area (Å²) in [6, 6.07) is 13.3. The minimum Gasteiger partial charge on any atom is -0.462 e. The van der Waals surface area contributed by atoms with E-state index >= 15 is 0 Å². The number of hydrogen-bond acceptors (Lipinski definition) is 8. The third kappa shape index (κ3) is 4.66. The first-order valence-corrected chi connectivity index (χ1v) is 10.9. The Hall–Kier alpha value is -3.24. The first kappa shape index (κ1) is 21.5. The Balaban J connectivity index is 1.93. The van der Waals surface area contributed by atoms with E-state index in [2.05, 4.69) is 10.3 Å². The normalized spacial score (nSPS) is 10.5. The van der Waals surface area contributed by atoms with Crippen LogP contribution >= 0.6 is 23.1 Å². The van der Waals surface area contributed by atoms with Crippen LogP contribution in [0.25, 0.3) is 11.3 Å². The van der Waals surface area contributed by atoms with E-state index in [1.807, 2.05) is 18.2 Å². The van der Waals surface area contributed by atoms with Crippen molar-refractivity contribution in [2.45, 2.75) is 11.8 Å². The molecule has 154 valence electrons. The highest BCUT2D eigenvalue weighted by Gasteiger charge is 2.23. The highest BCUT2D eigenvalue weighted by molar-refractivity contribution is 7.98. The number of carbonyl (C=O) groups is 2. The van der Waals surface area contributed by atoms with Crippen molar-refractivity contribution in [1.29, 1.82) is 0 Å². The first-order chi connectivity index (χ1) is 14.4. The second-order valence-electron chi connectivity index (χ2n) is 5.88. The molecule has 1 aromatic heterocycles. The topological polar surface area (TPSA) is 111 Å². The number of thiazole rings is 1. The molecule has 3 rings (SSSR count). The number of nitro benzene ring substituents is 1. The third-order valence-corrected chi connectivity index (χ3v) is 5.73. The number of thioether (sulfide) groups is 1. The largest absolute Gasteiger partial charge is 0.462 e. The maximum Gasteiger partial charge on any atom is 0.350 e. The second-order valence-corrected chi connectivity index (χ2v) is 7.73. The molecule has 1 amide bonds. The van der Waals surface area contributed by atoms with Gasteiger partial charge in [-0.3, -0.25) is 20.2 Å². The maximum absolute atomic E-state index is 12.7. The van der Waals surface area contributed by atoms with Crippen molar-refractivity contribution >= 4 is 45.8 Å². The molecule has 0 aliphatic rings. The van der Waals surface area contributed by atoms with Crippen LogP contribution in [0.15, 0.2) is 53.4 Å². The lowest BCUT2D eigenvalue weighted by Crippen LogP contribution is -2.12. The highest BCUT2D eigenvalue weighted by Crippen LogP contribution is 2.33. The van der Waals surface area contributed by atoms with Crippen LogP contribution in [0.3, 0.4) is 0 Å². The van der Waals surface area contributed by atoms with E-state index in [9.17, 15) is 19.7 Å².